The maximum Gasteiger partial charge on any atom is 0.0273 e. The molecule has 0 saturated heterocycles. The molecular formula is C17H29NS. The van der Waals surface area contributed by atoms with Crippen LogP contribution in [0.3, 0.4) is 0 Å². The van der Waals surface area contributed by atoms with E-state index in [-0.39, 0.29) is 11.0 Å². The van der Waals surface area contributed by atoms with Gasteiger partial charge in [-0.2, -0.15) is 0 Å². The molecule has 0 saturated carbocycles. The Balaban J connectivity index is 2.78. The maximum atomic E-state index is 3.57. The third kappa shape index (κ3) is 5.92. The fraction of sp³-hybridized carbons (Fsp3) is 0.647. The summed E-state index contributed by atoms with van der Waals surface area (Å²) in [4.78, 5) is 2.83. The van der Waals surface area contributed by atoms with E-state index in [1.165, 1.54) is 15.3 Å². The van der Waals surface area contributed by atoms with E-state index in [4.69, 9.17) is 0 Å². The standard InChI is InChI=1S/C17H29NS/c1-8-13(12-18-17(5,6)7)11-14-9-10-15(19-14)16(2,3)4/h9-11,18H,8,12H2,1-7H3/b13-11-. The molecule has 0 bridgehead atoms. The normalized spacial score (nSPS) is 13.9. The number of hydrogen-bond donors (Lipinski definition) is 1. The Labute approximate surface area is 123 Å². The Kier molecular flexibility index (Phi) is 5.40. The van der Waals surface area contributed by atoms with Crippen molar-refractivity contribution in [2.75, 3.05) is 6.54 Å². The minimum absolute atomic E-state index is 0.181. The van der Waals surface area contributed by atoms with Gasteiger partial charge in [0.15, 0.2) is 0 Å². The van der Waals surface area contributed by atoms with Crippen LogP contribution < -0.4 is 5.32 Å². The van der Waals surface area contributed by atoms with Gasteiger partial charge in [-0.15, -0.1) is 11.3 Å². The molecule has 2 heteroatoms. The molecule has 0 atom stereocenters. The minimum Gasteiger partial charge on any atom is -0.308 e. The van der Waals surface area contributed by atoms with E-state index in [1.54, 1.807) is 0 Å². The first-order valence-corrected chi connectivity index (χ1v) is 7.98. The maximum absolute atomic E-state index is 3.57. The van der Waals surface area contributed by atoms with Crippen LogP contribution in [0.2, 0.25) is 0 Å². The fourth-order valence-corrected chi connectivity index (χ4v) is 2.75. The predicted molar refractivity (Wildman–Crippen MR) is 89.0 cm³/mol. The highest BCUT2D eigenvalue weighted by molar-refractivity contribution is 7.13. The van der Waals surface area contributed by atoms with Crippen molar-refractivity contribution in [3.8, 4) is 0 Å². The van der Waals surface area contributed by atoms with Crippen LogP contribution in [0.15, 0.2) is 17.7 Å². The van der Waals surface area contributed by atoms with Crippen molar-refractivity contribution in [2.24, 2.45) is 0 Å². The van der Waals surface area contributed by atoms with Crippen molar-refractivity contribution in [1.29, 1.82) is 0 Å². The van der Waals surface area contributed by atoms with Crippen molar-refractivity contribution in [1.82, 2.24) is 5.32 Å². The van der Waals surface area contributed by atoms with E-state index in [9.17, 15) is 0 Å². The number of rotatable bonds is 4. The summed E-state index contributed by atoms with van der Waals surface area (Å²) in [6.45, 7) is 16.7. The van der Waals surface area contributed by atoms with Gasteiger partial charge in [-0.1, -0.05) is 33.3 Å². The molecule has 0 aliphatic rings. The molecule has 1 nitrogen and oxygen atoms in total. The van der Waals surface area contributed by atoms with Gasteiger partial charge < -0.3 is 5.32 Å². The summed E-state index contributed by atoms with van der Waals surface area (Å²) >= 11 is 1.91. The smallest absolute Gasteiger partial charge is 0.0273 e. The van der Waals surface area contributed by atoms with E-state index >= 15 is 0 Å². The van der Waals surface area contributed by atoms with Gasteiger partial charge >= 0.3 is 0 Å². The quantitative estimate of drug-likeness (QED) is 0.796. The van der Waals surface area contributed by atoms with E-state index in [0.29, 0.717) is 0 Å². The van der Waals surface area contributed by atoms with Gasteiger partial charge in [0.25, 0.3) is 0 Å². The van der Waals surface area contributed by atoms with Gasteiger partial charge in [-0.25, -0.2) is 0 Å². The van der Waals surface area contributed by atoms with E-state index in [2.05, 4.69) is 72.0 Å². The Morgan fingerprint density at radius 1 is 1.16 bits per heavy atom. The van der Waals surface area contributed by atoms with Crippen LogP contribution in [0.25, 0.3) is 6.08 Å². The summed E-state index contributed by atoms with van der Waals surface area (Å²) in [7, 11) is 0. The van der Waals surface area contributed by atoms with Gasteiger partial charge in [0, 0.05) is 21.8 Å². The van der Waals surface area contributed by atoms with Gasteiger partial charge in [-0.3, -0.25) is 0 Å². The first-order chi connectivity index (χ1) is 8.62. The molecule has 0 aliphatic carbocycles. The lowest BCUT2D eigenvalue weighted by Gasteiger charge is -2.21. The summed E-state index contributed by atoms with van der Waals surface area (Å²) in [5, 5.41) is 3.57. The molecular weight excluding hydrogens is 250 g/mol. The topological polar surface area (TPSA) is 12.0 Å². The zero-order valence-corrected chi connectivity index (χ0v) is 14.4. The van der Waals surface area contributed by atoms with Crippen LogP contribution in [0.5, 0.6) is 0 Å². The van der Waals surface area contributed by atoms with Gasteiger partial charge in [0.05, 0.1) is 0 Å². The largest absolute Gasteiger partial charge is 0.308 e. The van der Waals surface area contributed by atoms with Gasteiger partial charge in [0.1, 0.15) is 0 Å². The molecule has 0 radical (unpaired) electrons. The Morgan fingerprint density at radius 3 is 2.21 bits per heavy atom. The molecule has 0 aromatic carbocycles. The summed E-state index contributed by atoms with van der Waals surface area (Å²) in [5.74, 6) is 0. The first kappa shape index (κ1) is 16.5. The van der Waals surface area contributed by atoms with Crippen molar-refractivity contribution in [3.05, 3.63) is 27.5 Å². The summed E-state index contributed by atoms with van der Waals surface area (Å²) in [6.07, 6.45) is 3.45. The molecule has 0 unspecified atom stereocenters. The molecule has 1 aromatic heterocycles. The zero-order chi connectivity index (χ0) is 14.7. The molecule has 1 N–H and O–H groups in total. The fourth-order valence-electron chi connectivity index (χ4n) is 1.69. The third-order valence-electron chi connectivity index (χ3n) is 3.01. The molecule has 1 rings (SSSR count). The van der Waals surface area contributed by atoms with Crippen LogP contribution in [-0.2, 0) is 5.41 Å². The minimum atomic E-state index is 0.181. The van der Waals surface area contributed by atoms with Crippen LogP contribution in [0.4, 0.5) is 0 Å². The van der Waals surface area contributed by atoms with Crippen molar-refractivity contribution in [2.45, 2.75) is 65.8 Å². The predicted octanol–water partition coefficient (Wildman–Crippen LogP) is 5.23. The lowest BCUT2D eigenvalue weighted by atomic mass is 9.95. The highest BCUT2D eigenvalue weighted by Gasteiger charge is 2.15. The second kappa shape index (κ2) is 6.23. The Hall–Kier alpha value is -0.600. The highest BCUT2D eigenvalue weighted by atomic mass is 32.1. The van der Waals surface area contributed by atoms with E-state index in [1.807, 2.05) is 11.3 Å². The van der Waals surface area contributed by atoms with Crippen LogP contribution in [-0.4, -0.2) is 12.1 Å². The van der Waals surface area contributed by atoms with E-state index < -0.39 is 0 Å². The lowest BCUT2D eigenvalue weighted by Crippen LogP contribution is -2.36. The summed E-state index contributed by atoms with van der Waals surface area (Å²) in [6, 6.07) is 4.51. The van der Waals surface area contributed by atoms with Gasteiger partial charge in [-0.05, 0) is 50.8 Å². The highest BCUT2D eigenvalue weighted by Crippen LogP contribution is 2.30. The van der Waals surface area contributed by atoms with Crippen molar-refractivity contribution < 1.29 is 0 Å². The Bertz CT molecular complexity index is 427. The van der Waals surface area contributed by atoms with Gasteiger partial charge in [0.2, 0.25) is 0 Å². The Morgan fingerprint density at radius 2 is 1.79 bits per heavy atom. The summed E-state index contributed by atoms with van der Waals surface area (Å²) < 4.78 is 0. The molecule has 0 aliphatic heterocycles. The lowest BCUT2D eigenvalue weighted by molar-refractivity contribution is 0.443. The first-order valence-electron chi connectivity index (χ1n) is 7.16. The summed E-state index contributed by atoms with van der Waals surface area (Å²) in [5.41, 5.74) is 1.91. The average Bonchev–Trinajstić information content (AvgIpc) is 2.70. The zero-order valence-electron chi connectivity index (χ0n) is 13.6. The average molecular weight is 279 g/mol. The SMILES string of the molecule is CC/C(=C/c1ccc(C(C)(C)C)s1)CNC(C)(C)C. The monoisotopic (exact) mass is 279 g/mol. The van der Waals surface area contributed by atoms with Crippen molar-refractivity contribution in [3.63, 3.8) is 0 Å². The molecule has 1 heterocycles. The van der Waals surface area contributed by atoms with Crippen LogP contribution >= 0.6 is 11.3 Å². The molecule has 0 fully saturated rings. The van der Waals surface area contributed by atoms with Crippen molar-refractivity contribution >= 4 is 17.4 Å². The molecule has 0 amide bonds. The number of hydrogen-bond acceptors (Lipinski definition) is 2. The van der Waals surface area contributed by atoms with Crippen LogP contribution in [0, 0.1) is 0 Å². The third-order valence-corrected chi connectivity index (χ3v) is 4.47. The number of nitrogens with one attached hydrogen (secondary N) is 1. The van der Waals surface area contributed by atoms with Crippen LogP contribution in [0.1, 0.15) is 64.6 Å². The number of thiophene rings is 1. The second-order valence-electron chi connectivity index (χ2n) is 7.21. The van der Waals surface area contributed by atoms with E-state index in [0.717, 1.165) is 13.0 Å². The molecule has 108 valence electrons. The molecule has 0 spiro atoms. The second-order valence-corrected chi connectivity index (χ2v) is 8.33. The molecule has 19 heavy (non-hydrogen) atoms. The molecule has 1 aromatic rings.